The van der Waals surface area contributed by atoms with Gasteiger partial charge < -0.3 is 5.43 Å². The fourth-order valence-electron chi connectivity index (χ4n) is 1.09. The van der Waals surface area contributed by atoms with Gasteiger partial charge >= 0.3 is 0 Å². The number of fused-ring (bicyclic) bond motifs is 1. The van der Waals surface area contributed by atoms with Gasteiger partial charge in [0.05, 0.1) is 5.69 Å². The summed E-state index contributed by atoms with van der Waals surface area (Å²) in [6.45, 7) is 1.37. The second-order valence-corrected chi connectivity index (χ2v) is 2.90. The van der Waals surface area contributed by atoms with Crippen LogP contribution in [0.4, 0.5) is 5.69 Å². The molecule has 1 heterocycles. The van der Waals surface area contributed by atoms with Crippen molar-refractivity contribution < 1.29 is 4.79 Å². The van der Waals surface area contributed by atoms with Crippen molar-refractivity contribution in [2.24, 2.45) is 0 Å². The molecule has 0 saturated heterocycles. The topological polar surface area (TPSA) is 41.1 Å². The maximum Gasteiger partial charge on any atom is 0.185 e. The number of halogens is 1. The molecule has 0 aliphatic carbocycles. The summed E-state index contributed by atoms with van der Waals surface area (Å²) in [5.41, 5.74) is 6.81. The fraction of sp³-hybridized carbons (Fsp3) is 0. The molecule has 12 heavy (non-hydrogen) atoms. The lowest BCUT2D eigenvalue weighted by molar-refractivity contribution is 0.102. The van der Waals surface area contributed by atoms with E-state index >= 15 is 0 Å². The molecule has 0 unspecified atom stereocenters. The Labute approximate surface area is 74.7 Å². The standard InChI is InChI=1S/C8H6ClN2O/c9-5-1-2-6-7(3-5)11-10-4-8(6)12/h1-4,10-11H. The van der Waals surface area contributed by atoms with E-state index in [1.807, 2.05) is 0 Å². The predicted molar refractivity (Wildman–Crippen MR) is 46.8 cm³/mol. The average Bonchev–Trinajstić information content (AvgIpc) is 2.04. The van der Waals surface area contributed by atoms with Gasteiger partial charge in [0.25, 0.3) is 0 Å². The number of hydrogen-bond acceptors (Lipinski definition) is 3. The predicted octanol–water partition coefficient (Wildman–Crippen LogP) is 1.61. The summed E-state index contributed by atoms with van der Waals surface area (Å²) < 4.78 is 0. The number of anilines is 1. The van der Waals surface area contributed by atoms with Crippen molar-refractivity contribution in [2.45, 2.75) is 0 Å². The highest BCUT2D eigenvalue weighted by atomic mass is 35.5. The smallest absolute Gasteiger partial charge is 0.185 e. The number of carbonyl (C=O) groups is 1. The summed E-state index contributed by atoms with van der Waals surface area (Å²) in [5.74, 6) is -0.0413. The third-order valence-electron chi connectivity index (χ3n) is 1.66. The molecular formula is C8H6ClN2O. The number of nitrogens with one attached hydrogen (secondary N) is 2. The highest BCUT2D eigenvalue weighted by molar-refractivity contribution is 6.31. The van der Waals surface area contributed by atoms with Gasteiger partial charge in [0.15, 0.2) is 5.78 Å². The number of benzene rings is 1. The summed E-state index contributed by atoms with van der Waals surface area (Å²) in [6, 6.07) is 5.10. The van der Waals surface area contributed by atoms with Crippen molar-refractivity contribution in [2.75, 3.05) is 5.43 Å². The van der Waals surface area contributed by atoms with Crippen LogP contribution in [-0.4, -0.2) is 5.78 Å². The maximum absolute atomic E-state index is 11.2. The van der Waals surface area contributed by atoms with E-state index in [1.165, 1.54) is 6.54 Å². The Balaban J connectivity index is 2.53. The Bertz CT molecular complexity index is 338. The van der Waals surface area contributed by atoms with E-state index in [4.69, 9.17) is 11.6 Å². The zero-order valence-electron chi connectivity index (χ0n) is 6.10. The van der Waals surface area contributed by atoms with Gasteiger partial charge in [-0.25, -0.2) is 5.43 Å². The summed E-state index contributed by atoms with van der Waals surface area (Å²) in [5, 5.41) is 0.609. The molecule has 0 atom stereocenters. The van der Waals surface area contributed by atoms with Crippen LogP contribution in [0.3, 0.4) is 0 Å². The molecule has 1 radical (unpaired) electrons. The number of Topliss-reactive ketones (excluding diaryl/α,β-unsaturated/α-hetero) is 1. The molecular weight excluding hydrogens is 176 g/mol. The number of hydrazine groups is 1. The van der Waals surface area contributed by atoms with Crippen molar-refractivity contribution in [3.05, 3.63) is 35.3 Å². The zero-order chi connectivity index (χ0) is 8.55. The van der Waals surface area contributed by atoms with Crippen LogP contribution in [0.15, 0.2) is 18.2 Å². The zero-order valence-corrected chi connectivity index (χ0v) is 6.85. The largest absolute Gasteiger partial charge is 0.320 e. The first kappa shape index (κ1) is 7.58. The quantitative estimate of drug-likeness (QED) is 0.639. The van der Waals surface area contributed by atoms with Crippen LogP contribution in [0, 0.1) is 6.54 Å². The third kappa shape index (κ3) is 1.17. The molecule has 4 heteroatoms. The highest BCUT2D eigenvalue weighted by Crippen LogP contribution is 2.23. The molecule has 0 fully saturated rings. The van der Waals surface area contributed by atoms with Crippen LogP contribution < -0.4 is 10.9 Å². The minimum absolute atomic E-state index is 0.0413. The van der Waals surface area contributed by atoms with Crippen LogP contribution in [0.25, 0.3) is 0 Å². The van der Waals surface area contributed by atoms with Gasteiger partial charge in [0.1, 0.15) is 6.54 Å². The first-order valence-electron chi connectivity index (χ1n) is 3.46. The highest BCUT2D eigenvalue weighted by Gasteiger charge is 2.16. The van der Waals surface area contributed by atoms with E-state index in [0.29, 0.717) is 10.6 Å². The van der Waals surface area contributed by atoms with Gasteiger partial charge in [0, 0.05) is 10.6 Å². The summed E-state index contributed by atoms with van der Waals surface area (Å²) in [4.78, 5) is 11.2. The number of rotatable bonds is 0. The molecule has 61 valence electrons. The molecule has 1 aromatic carbocycles. The molecule has 2 rings (SSSR count). The SMILES string of the molecule is O=C1[CH]NNc2cc(Cl)ccc21. The molecule has 3 nitrogen and oxygen atoms in total. The molecule has 2 N–H and O–H groups in total. The molecule has 0 amide bonds. The van der Waals surface area contributed by atoms with E-state index in [0.717, 1.165) is 5.69 Å². The summed E-state index contributed by atoms with van der Waals surface area (Å²) >= 11 is 5.74. The van der Waals surface area contributed by atoms with Crippen LogP contribution in [0.1, 0.15) is 10.4 Å². The maximum atomic E-state index is 11.2. The van der Waals surface area contributed by atoms with Crippen molar-refractivity contribution >= 4 is 23.1 Å². The normalized spacial score (nSPS) is 15.2. The Hall–Kier alpha value is -1.06. The number of ketones is 1. The van der Waals surface area contributed by atoms with Crippen molar-refractivity contribution in [1.82, 2.24) is 5.43 Å². The van der Waals surface area contributed by atoms with Crippen LogP contribution in [-0.2, 0) is 0 Å². The number of carbonyl (C=O) groups excluding carboxylic acids is 1. The minimum atomic E-state index is -0.0413. The minimum Gasteiger partial charge on any atom is -0.320 e. The van der Waals surface area contributed by atoms with E-state index in [-0.39, 0.29) is 5.78 Å². The van der Waals surface area contributed by atoms with Gasteiger partial charge in [-0.1, -0.05) is 11.6 Å². The van der Waals surface area contributed by atoms with E-state index in [2.05, 4.69) is 10.9 Å². The Morgan fingerprint density at radius 3 is 3.00 bits per heavy atom. The lowest BCUT2D eigenvalue weighted by Crippen LogP contribution is -2.29. The van der Waals surface area contributed by atoms with Gasteiger partial charge in [0.2, 0.25) is 0 Å². The first-order chi connectivity index (χ1) is 5.77. The van der Waals surface area contributed by atoms with Crippen molar-refractivity contribution in [3.63, 3.8) is 0 Å². The average molecular weight is 182 g/mol. The molecule has 0 aromatic heterocycles. The molecule has 0 saturated carbocycles. The molecule has 1 aliphatic heterocycles. The molecule has 0 bridgehead atoms. The van der Waals surface area contributed by atoms with Gasteiger partial charge in [-0.15, -0.1) is 0 Å². The molecule has 1 aliphatic rings. The Morgan fingerprint density at radius 1 is 1.33 bits per heavy atom. The summed E-state index contributed by atoms with van der Waals surface area (Å²) in [7, 11) is 0. The monoisotopic (exact) mass is 181 g/mol. The summed E-state index contributed by atoms with van der Waals surface area (Å²) in [6.07, 6.45) is 0. The van der Waals surface area contributed by atoms with Crippen LogP contribution >= 0.6 is 11.6 Å². The fourth-order valence-corrected chi connectivity index (χ4v) is 1.26. The van der Waals surface area contributed by atoms with E-state index in [9.17, 15) is 4.79 Å². The van der Waals surface area contributed by atoms with Crippen molar-refractivity contribution in [3.8, 4) is 0 Å². The first-order valence-corrected chi connectivity index (χ1v) is 3.84. The Kier molecular flexibility index (Phi) is 1.75. The molecule has 1 aromatic rings. The number of hydrogen-bond donors (Lipinski definition) is 2. The lowest BCUT2D eigenvalue weighted by atomic mass is 10.1. The van der Waals surface area contributed by atoms with Crippen molar-refractivity contribution in [1.29, 1.82) is 0 Å². The third-order valence-corrected chi connectivity index (χ3v) is 1.89. The second-order valence-electron chi connectivity index (χ2n) is 2.47. The van der Waals surface area contributed by atoms with Gasteiger partial charge in [-0.3, -0.25) is 4.79 Å². The second kappa shape index (κ2) is 2.77. The van der Waals surface area contributed by atoms with E-state index in [1.54, 1.807) is 18.2 Å². The Morgan fingerprint density at radius 2 is 2.17 bits per heavy atom. The van der Waals surface area contributed by atoms with E-state index < -0.39 is 0 Å². The van der Waals surface area contributed by atoms with Crippen LogP contribution in [0.5, 0.6) is 0 Å². The van der Waals surface area contributed by atoms with Gasteiger partial charge in [-0.2, -0.15) is 0 Å². The molecule has 0 spiro atoms. The van der Waals surface area contributed by atoms with Crippen LogP contribution in [0.2, 0.25) is 5.02 Å². The van der Waals surface area contributed by atoms with Gasteiger partial charge in [-0.05, 0) is 18.2 Å². The lowest BCUT2D eigenvalue weighted by Gasteiger charge is -2.17.